The molecular weight excluding hydrogens is 602 g/mol. The molecule has 4 aromatic rings. The van der Waals surface area contributed by atoms with Crippen molar-refractivity contribution < 1.29 is 40.5 Å². The molecule has 1 unspecified atom stereocenters. The molecule has 1 atom stereocenters. The number of carbonyl (C=O) groups is 2. The molecule has 4 N–H and O–H groups in total. The van der Waals surface area contributed by atoms with Crippen molar-refractivity contribution >= 4 is 66.0 Å². The van der Waals surface area contributed by atoms with E-state index in [-0.39, 0.29) is 33.8 Å². The Morgan fingerprint density at radius 2 is 1.47 bits per heavy atom. The van der Waals surface area contributed by atoms with Gasteiger partial charge in [-0.15, -0.1) is 0 Å². The van der Waals surface area contributed by atoms with Crippen LogP contribution in [0.4, 0.5) is 17.1 Å². The van der Waals surface area contributed by atoms with Gasteiger partial charge in [0.25, 0.3) is 37.7 Å². The largest absolute Gasteiger partial charge is 0.321 e. The molecule has 0 bridgehead atoms. The van der Waals surface area contributed by atoms with Gasteiger partial charge in [0.1, 0.15) is 5.25 Å². The zero-order valence-electron chi connectivity index (χ0n) is 21.8. The van der Waals surface area contributed by atoms with Gasteiger partial charge in [-0.3, -0.25) is 28.8 Å². The zero-order valence-corrected chi connectivity index (χ0v) is 23.4. The SMILES string of the molecule is O=C(Nc1cccc2c1C=CC(S(=O)(=O)O)C2)c1cc(C(=O)Nc2cccc3cc(S(=O)(=O)O)ccc23)cc([N+](=O)[O-])c1. The quantitative estimate of drug-likeness (QED) is 0.130. The van der Waals surface area contributed by atoms with E-state index in [1.165, 1.54) is 42.5 Å². The number of nitro benzene ring substituents is 1. The number of nitrogens with zero attached hydrogens (tertiary/aromatic N) is 1. The number of hydrogen-bond acceptors (Lipinski definition) is 8. The first kappa shape index (κ1) is 29.5. The molecule has 220 valence electrons. The van der Waals surface area contributed by atoms with E-state index < -0.39 is 47.9 Å². The number of amides is 2. The number of carbonyl (C=O) groups excluding carboxylic acids is 2. The van der Waals surface area contributed by atoms with Gasteiger partial charge in [-0.2, -0.15) is 16.8 Å². The van der Waals surface area contributed by atoms with Gasteiger partial charge in [0, 0.05) is 45.6 Å². The van der Waals surface area contributed by atoms with E-state index in [4.69, 9.17) is 0 Å². The molecule has 1 aliphatic carbocycles. The van der Waals surface area contributed by atoms with Crippen LogP contribution in [0.25, 0.3) is 16.8 Å². The first-order valence-electron chi connectivity index (χ1n) is 12.4. The summed E-state index contributed by atoms with van der Waals surface area (Å²) in [5, 5.41) is 16.6. The summed E-state index contributed by atoms with van der Waals surface area (Å²) in [7, 11) is -8.79. The maximum Gasteiger partial charge on any atom is 0.294 e. The summed E-state index contributed by atoms with van der Waals surface area (Å²) < 4.78 is 64.8. The van der Waals surface area contributed by atoms with E-state index in [9.17, 15) is 45.6 Å². The second-order valence-corrected chi connectivity index (χ2v) is 12.6. The molecule has 2 amide bonds. The van der Waals surface area contributed by atoms with Crippen molar-refractivity contribution in [2.45, 2.75) is 16.6 Å². The smallest absolute Gasteiger partial charge is 0.294 e. The van der Waals surface area contributed by atoms with Crippen LogP contribution < -0.4 is 10.6 Å². The number of non-ortho nitro benzene ring substituents is 1. The second kappa shape index (κ2) is 11.0. The van der Waals surface area contributed by atoms with Crippen molar-refractivity contribution in [1.82, 2.24) is 0 Å². The molecule has 0 saturated carbocycles. The number of nitro groups is 1. The van der Waals surface area contributed by atoms with E-state index in [1.54, 1.807) is 24.3 Å². The zero-order chi connectivity index (χ0) is 31.1. The second-order valence-electron chi connectivity index (χ2n) is 9.59. The van der Waals surface area contributed by atoms with Crippen LogP contribution in [0.1, 0.15) is 31.8 Å². The lowest BCUT2D eigenvalue weighted by Gasteiger charge is -2.20. The molecule has 43 heavy (non-hydrogen) atoms. The average molecular weight is 624 g/mol. The number of fused-ring (bicyclic) bond motifs is 2. The van der Waals surface area contributed by atoms with E-state index in [2.05, 4.69) is 10.6 Å². The molecule has 0 aromatic heterocycles. The molecule has 0 aliphatic heterocycles. The molecule has 1 aliphatic rings. The minimum atomic E-state index is -4.46. The minimum Gasteiger partial charge on any atom is -0.321 e. The van der Waals surface area contributed by atoms with Crippen molar-refractivity contribution in [3.05, 3.63) is 111 Å². The van der Waals surface area contributed by atoms with Gasteiger partial charge in [0.05, 0.1) is 9.82 Å². The van der Waals surface area contributed by atoms with Crippen molar-refractivity contribution in [2.75, 3.05) is 10.6 Å². The third kappa shape index (κ3) is 6.29. The highest BCUT2D eigenvalue weighted by Gasteiger charge is 2.26. The summed E-state index contributed by atoms with van der Waals surface area (Å²) in [4.78, 5) is 37.0. The van der Waals surface area contributed by atoms with Gasteiger partial charge in [-0.1, -0.05) is 42.5 Å². The van der Waals surface area contributed by atoms with Crippen LogP contribution in [0.5, 0.6) is 0 Å². The van der Waals surface area contributed by atoms with E-state index in [1.807, 2.05) is 0 Å². The van der Waals surface area contributed by atoms with E-state index in [0.29, 0.717) is 21.9 Å². The van der Waals surface area contributed by atoms with Crippen LogP contribution >= 0.6 is 0 Å². The number of benzene rings is 4. The normalized spacial score (nSPS) is 14.6. The van der Waals surface area contributed by atoms with Crippen LogP contribution in [-0.4, -0.2) is 47.9 Å². The maximum absolute atomic E-state index is 13.2. The van der Waals surface area contributed by atoms with Crippen LogP contribution in [0.2, 0.25) is 0 Å². The number of anilines is 2. The van der Waals surface area contributed by atoms with Crippen LogP contribution in [0, 0.1) is 10.1 Å². The fourth-order valence-electron chi connectivity index (χ4n) is 4.69. The Kier molecular flexibility index (Phi) is 7.58. The van der Waals surface area contributed by atoms with Crippen LogP contribution in [0.15, 0.2) is 83.8 Å². The third-order valence-electron chi connectivity index (χ3n) is 6.78. The lowest BCUT2D eigenvalue weighted by Crippen LogP contribution is -2.24. The average Bonchev–Trinajstić information content (AvgIpc) is 2.95. The van der Waals surface area contributed by atoms with Crippen LogP contribution in [0.3, 0.4) is 0 Å². The minimum absolute atomic E-state index is 0.0270. The molecule has 15 heteroatoms. The van der Waals surface area contributed by atoms with Crippen molar-refractivity contribution in [3.8, 4) is 0 Å². The molecule has 0 spiro atoms. The van der Waals surface area contributed by atoms with Gasteiger partial charge in [0.2, 0.25) is 0 Å². The number of hydrogen-bond donors (Lipinski definition) is 4. The standard InChI is InChI=1S/C28H21N3O10S2/c32-27(29-25-5-1-3-16-14-21(42(36,37)38)7-9-23(16)25)18-11-19(13-20(12-18)31(34)35)28(33)30-26-6-2-4-17-15-22(43(39,40)41)8-10-24(17)26/h1-14,22H,15H2,(H,29,32)(H,30,33)(H,36,37,38)(H,39,40,41). The van der Waals surface area contributed by atoms with Gasteiger partial charge < -0.3 is 10.6 Å². The van der Waals surface area contributed by atoms with Crippen molar-refractivity contribution in [3.63, 3.8) is 0 Å². The predicted octanol–water partition coefficient (Wildman–Crippen LogP) is 4.33. The molecular formula is C28H21N3O10S2. The van der Waals surface area contributed by atoms with Crippen LogP contribution in [-0.2, 0) is 26.7 Å². The summed E-state index contributed by atoms with van der Waals surface area (Å²) in [6.07, 6.45) is 2.71. The maximum atomic E-state index is 13.2. The molecule has 0 saturated heterocycles. The first-order chi connectivity index (χ1) is 20.2. The lowest BCUT2D eigenvalue weighted by molar-refractivity contribution is -0.384. The Morgan fingerprint density at radius 3 is 2.09 bits per heavy atom. The summed E-state index contributed by atoms with van der Waals surface area (Å²) in [5.74, 6) is -1.57. The Balaban J connectivity index is 1.44. The van der Waals surface area contributed by atoms with E-state index >= 15 is 0 Å². The topological polar surface area (TPSA) is 210 Å². The van der Waals surface area contributed by atoms with Crippen molar-refractivity contribution in [2.24, 2.45) is 0 Å². The Hall–Kier alpha value is -4.96. The summed E-state index contributed by atoms with van der Waals surface area (Å²) in [6.45, 7) is 0. The van der Waals surface area contributed by atoms with Crippen molar-refractivity contribution in [1.29, 1.82) is 0 Å². The van der Waals surface area contributed by atoms with Gasteiger partial charge in [0.15, 0.2) is 0 Å². The predicted molar refractivity (Wildman–Crippen MR) is 157 cm³/mol. The summed E-state index contributed by atoms with van der Waals surface area (Å²) in [6, 6.07) is 16.3. The lowest BCUT2D eigenvalue weighted by atomic mass is 9.95. The highest BCUT2D eigenvalue weighted by atomic mass is 32.2. The van der Waals surface area contributed by atoms with Gasteiger partial charge in [-0.25, -0.2) is 0 Å². The number of nitrogens with one attached hydrogen (secondary N) is 2. The Labute approximate surface area is 244 Å². The molecule has 0 fully saturated rings. The molecule has 4 aromatic carbocycles. The fraction of sp³-hybridized carbons (Fsp3) is 0.0714. The molecule has 0 radical (unpaired) electrons. The Bertz CT molecular complexity index is 2090. The molecule has 5 rings (SSSR count). The highest BCUT2D eigenvalue weighted by molar-refractivity contribution is 7.86. The highest BCUT2D eigenvalue weighted by Crippen LogP contribution is 2.30. The third-order valence-corrected chi connectivity index (χ3v) is 8.72. The summed E-state index contributed by atoms with van der Waals surface area (Å²) in [5.41, 5.74) is 0.616. The Morgan fingerprint density at radius 1 is 0.837 bits per heavy atom. The fourth-order valence-corrected chi connectivity index (χ4v) is 5.87. The first-order valence-corrected chi connectivity index (χ1v) is 15.3. The van der Waals surface area contributed by atoms with E-state index in [0.717, 1.165) is 18.2 Å². The van der Waals surface area contributed by atoms with Gasteiger partial charge >= 0.3 is 0 Å². The molecule has 13 nitrogen and oxygen atoms in total. The number of rotatable bonds is 7. The molecule has 0 heterocycles. The monoisotopic (exact) mass is 623 g/mol. The summed E-state index contributed by atoms with van der Waals surface area (Å²) >= 11 is 0. The van der Waals surface area contributed by atoms with Gasteiger partial charge in [-0.05, 0) is 47.7 Å².